The summed E-state index contributed by atoms with van der Waals surface area (Å²) in [6.45, 7) is 0.807. The number of furan rings is 1. The van der Waals surface area contributed by atoms with E-state index < -0.39 is 0 Å². The van der Waals surface area contributed by atoms with E-state index in [1.54, 1.807) is 0 Å². The van der Waals surface area contributed by atoms with Crippen molar-refractivity contribution in [1.29, 1.82) is 0 Å². The van der Waals surface area contributed by atoms with E-state index in [0.29, 0.717) is 0 Å². The Morgan fingerprint density at radius 1 is 0.473 bits per heavy atom. The van der Waals surface area contributed by atoms with Crippen LogP contribution in [0.2, 0.25) is 0 Å². The molecule has 13 rings (SSSR count). The maximum absolute atomic E-state index is 6.32. The van der Waals surface area contributed by atoms with Gasteiger partial charge in [0.25, 0.3) is 0 Å². The van der Waals surface area contributed by atoms with E-state index in [1.165, 1.54) is 98.2 Å². The number of fused-ring (bicyclic) bond motifs is 5. The molecule has 55 heavy (non-hydrogen) atoms. The number of benzene rings is 8. The average Bonchev–Trinajstić information content (AvgIpc) is 3.96. The Bertz CT molecular complexity index is 3700. The fourth-order valence-corrected chi connectivity index (χ4v) is 10.7. The number of rotatable bonds is 5. The summed E-state index contributed by atoms with van der Waals surface area (Å²) in [5.41, 5.74) is 13.0. The van der Waals surface area contributed by atoms with Gasteiger partial charge in [0, 0.05) is 10.8 Å². The van der Waals surface area contributed by atoms with Gasteiger partial charge in [0.05, 0.1) is 0 Å². The quantitative estimate of drug-likeness (QED) is 0.125. The molecule has 3 aromatic heterocycles. The van der Waals surface area contributed by atoms with Crippen LogP contribution in [0, 0.1) is 0 Å². The number of nitrogens with zero attached hydrogens (tertiary/aromatic N) is 2. The Morgan fingerprint density at radius 2 is 1.16 bits per heavy atom. The number of hydrogen-bond donors (Lipinski definition) is 0. The first-order valence-corrected chi connectivity index (χ1v) is 21.5. The van der Waals surface area contributed by atoms with E-state index >= 15 is 0 Å². The monoisotopic (exact) mass is 890 g/mol. The number of para-hydroxylation sites is 1. The first kappa shape index (κ1) is 30.2. The normalized spacial score (nSPS) is 13.1. The van der Waals surface area contributed by atoms with Crippen LogP contribution in [0.5, 0.6) is 0 Å². The van der Waals surface area contributed by atoms with Gasteiger partial charge >= 0.3 is 217 Å². The molecule has 0 saturated heterocycles. The first-order chi connectivity index (χ1) is 27.3. The van der Waals surface area contributed by atoms with Crippen molar-refractivity contribution in [1.82, 2.24) is 9.13 Å². The molecule has 0 N–H and O–H groups in total. The van der Waals surface area contributed by atoms with Gasteiger partial charge < -0.3 is 4.42 Å². The predicted octanol–water partition coefficient (Wildman–Crippen LogP) is 13.6. The molecule has 0 spiro atoms. The molecule has 3 nitrogen and oxygen atoms in total. The fourth-order valence-electron chi connectivity index (χ4n) is 10.2. The minimum absolute atomic E-state index is 0.807. The summed E-state index contributed by atoms with van der Waals surface area (Å²) < 4.78 is 13.6. The van der Waals surface area contributed by atoms with Crippen LogP contribution in [-0.2, 0) is 6.54 Å². The molecule has 0 radical (unpaired) electrons. The Hall–Kier alpha value is -6.18. The Morgan fingerprint density at radius 3 is 2.09 bits per heavy atom. The molecule has 252 valence electrons. The molecule has 9 aromatic carbocycles. The summed E-state index contributed by atoms with van der Waals surface area (Å²) in [6.07, 6.45) is 6.72. The third-order valence-electron chi connectivity index (χ3n) is 12.3. The molecule has 0 fully saturated rings. The summed E-state index contributed by atoms with van der Waals surface area (Å²) in [7, 11) is 0. The molecule has 0 amide bonds. The van der Waals surface area contributed by atoms with E-state index in [1.807, 2.05) is 6.07 Å². The molecular formula is C51H29N2OTl. The Kier molecular flexibility index (Phi) is 6.01. The second kappa shape index (κ2) is 11.0. The molecule has 0 saturated carbocycles. The molecule has 0 aliphatic heterocycles. The fraction of sp³-hybridized carbons (Fsp3) is 0.0196. The van der Waals surface area contributed by atoms with Gasteiger partial charge in [-0.1, -0.05) is 54.6 Å². The van der Waals surface area contributed by atoms with Crippen molar-refractivity contribution in [2.45, 2.75) is 6.54 Å². The van der Waals surface area contributed by atoms with Gasteiger partial charge in [-0.2, -0.15) is 0 Å². The van der Waals surface area contributed by atoms with Crippen molar-refractivity contribution in [3.8, 4) is 27.9 Å². The molecule has 3 heterocycles. The smallest absolute Gasteiger partial charge is 0.456 e. The summed E-state index contributed by atoms with van der Waals surface area (Å²) in [5.74, 6) is 0. The van der Waals surface area contributed by atoms with Gasteiger partial charge in [-0.25, -0.2) is 0 Å². The predicted molar refractivity (Wildman–Crippen MR) is 233 cm³/mol. The van der Waals surface area contributed by atoms with Crippen LogP contribution in [0.1, 0.15) is 0 Å². The third kappa shape index (κ3) is 3.83. The molecule has 0 bridgehead atoms. The zero-order chi connectivity index (χ0) is 35.9. The molecule has 1 aliphatic carbocycles. The SMILES string of the molecule is [Tl]/[CH]=C\C=C/Cn1c2cc3cccc4c3c3c5c-4cccc5c4cccc5c4c4c(c32)c1ccc4n5-c1cccc(-c2cccc3oc4ccccc4c23)c1. The molecule has 12 aromatic rings. The van der Waals surface area contributed by atoms with Crippen molar-refractivity contribution in [3.05, 3.63) is 161 Å². The van der Waals surface area contributed by atoms with Crippen molar-refractivity contribution >= 4 is 124 Å². The van der Waals surface area contributed by atoms with Gasteiger partial charge in [0.1, 0.15) is 11.2 Å². The molecule has 1 aliphatic rings. The van der Waals surface area contributed by atoms with E-state index in [4.69, 9.17) is 4.42 Å². The first-order valence-electron chi connectivity index (χ1n) is 18.9. The van der Waals surface area contributed by atoms with Crippen LogP contribution in [0.25, 0.3) is 126 Å². The standard InChI is InChI=1S/C51H29N2O.Tl/c1-2-3-6-26-52-38-24-25-40-49-47-36(35-19-9-18-34-33-17-8-13-30-28-41(52)50(48(38)49)51(44(30)33)46(34)35)20-10-21-39(47)53(40)31-14-7-12-29(27-31)32-16-11-23-43-45(32)37-15-4-5-22-42(37)54-43;/h1-25,27-28H,26H2;/b2-1?,6-3-,36-35?;. The van der Waals surface area contributed by atoms with Crippen LogP contribution in [0.3, 0.4) is 0 Å². The van der Waals surface area contributed by atoms with Crippen LogP contribution in [-0.4, -0.2) is 34.9 Å². The van der Waals surface area contributed by atoms with Crippen molar-refractivity contribution in [3.63, 3.8) is 0 Å². The molecule has 0 unspecified atom stereocenters. The second-order valence-electron chi connectivity index (χ2n) is 14.9. The van der Waals surface area contributed by atoms with Gasteiger partial charge in [-0.3, -0.25) is 0 Å². The summed E-state index contributed by atoms with van der Waals surface area (Å²) in [6, 6.07) is 51.8. The van der Waals surface area contributed by atoms with E-state index in [2.05, 4.69) is 164 Å². The van der Waals surface area contributed by atoms with Gasteiger partial charge in [0.15, 0.2) is 0 Å². The maximum atomic E-state index is 6.32. The second-order valence-corrected chi connectivity index (χ2v) is 16.4. The topological polar surface area (TPSA) is 23.0 Å². The van der Waals surface area contributed by atoms with Crippen LogP contribution >= 0.6 is 0 Å². The Balaban J connectivity index is 1.20. The number of aromatic nitrogens is 2. The van der Waals surface area contributed by atoms with Gasteiger partial charge in [-0.15, -0.1) is 0 Å². The van der Waals surface area contributed by atoms with Gasteiger partial charge in [0.2, 0.25) is 0 Å². The van der Waals surface area contributed by atoms with E-state index in [0.717, 1.165) is 59.9 Å². The number of allylic oxidation sites excluding steroid dienone is 3. The minimum Gasteiger partial charge on any atom is -0.456 e. The summed E-state index contributed by atoms with van der Waals surface area (Å²) in [4.78, 5) is 0. The minimum atomic E-state index is 0.807. The van der Waals surface area contributed by atoms with E-state index in [-0.39, 0.29) is 0 Å². The summed E-state index contributed by atoms with van der Waals surface area (Å²) >= 11 is 0.850. The number of hydrogen-bond acceptors (Lipinski definition) is 1. The van der Waals surface area contributed by atoms with Crippen LogP contribution < -0.4 is 0 Å². The Labute approximate surface area is 331 Å². The zero-order valence-corrected chi connectivity index (χ0v) is 34.2. The zero-order valence-electron chi connectivity index (χ0n) is 29.7. The third-order valence-corrected chi connectivity index (χ3v) is 13.1. The molecule has 0 atom stereocenters. The van der Waals surface area contributed by atoms with Crippen molar-refractivity contribution < 1.29 is 4.42 Å². The molecular weight excluding hydrogens is 861 g/mol. The van der Waals surface area contributed by atoms with Crippen molar-refractivity contribution in [2.24, 2.45) is 0 Å². The van der Waals surface area contributed by atoms with Crippen LogP contribution in [0.15, 0.2) is 166 Å². The van der Waals surface area contributed by atoms with Crippen molar-refractivity contribution in [2.75, 3.05) is 0 Å². The van der Waals surface area contributed by atoms with Gasteiger partial charge in [-0.05, 0) is 35.4 Å². The average molecular weight is 890 g/mol. The summed E-state index contributed by atoms with van der Waals surface area (Å²) in [5, 5.41) is 15.8. The van der Waals surface area contributed by atoms with E-state index in [9.17, 15) is 0 Å². The molecule has 4 heteroatoms. The van der Waals surface area contributed by atoms with Crippen LogP contribution in [0.4, 0.5) is 0 Å².